The van der Waals surface area contributed by atoms with Gasteiger partial charge in [-0.3, -0.25) is 9.59 Å². The van der Waals surface area contributed by atoms with E-state index >= 15 is 0 Å². The van der Waals surface area contributed by atoms with Gasteiger partial charge >= 0.3 is 0 Å². The number of nitrogens with one attached hydrogen (secondary N) is 3. The van der Waals surface area contributed by atoms with Crippen LogP contribution in [0.2, 0.25) is 0 Å². The van der Waals surface area contributed by atoms with Gasteiger partial charge in [-0.05, 0) is 42.3 Å². The average Bonchev–Trinajstić information content (AvgIpc) is 2.76. The van der Waals surface area contributed by atoms with Crippen molar-refractivity contribution in [3.8, 4) is 0 Å². The molecule has 0 fully saturated rings. The van der Waals surface area contributed by atoms with Crippen LogP contribution in [-0.2, 0) is 10.2 Å². The van der Waals surface area contributed by atoms with Crippen LogP contribution in [0.4, 0.5) is 5.95 Å². The molecule has 0 aliphatic rings. The van der Waals surface area contributed by atoms with E-state index in [9.17, 15) is 9.59 Å². The number of hydrogen-bond acceptors (Lipinski definition) is 7. The molecule has 5 N–H and O–H groups in total. The summed E-state index contributed by atoms with van der Waals surface area (Å²) in [6, 6.07) is 8.98. The number of nitrogens with zero attached hydrogens (tertiary/aromatic N) is 2. The zero-order valence-corrected chi connectivity index (χ0v) is 18.4. The third kappa shape index (κ3) is 7.04. The van der Waals surface area contributed by atoms with Gasteiger partial charge in [-0.2, -0.15) is 0 Å². The molecule has 0 spiro atoms. The van der Waals surface area contributed by atoms with Crippen molar-refractivity contribution < 1.29 is 9.59 Å². The first kappa shape index (κ1) is 23.8. The summed E-state index contributed by atoms with van der Waals surface area (Å²) in [5.41, 5.74) is 8.38. The molecule has 0 atom stereocenters. The fourth-order valence-corrected chi connectivity index (χ4v) is 2.70. The van der Waals surface area contributed by atoms with Crippen LogP contribution < -0.4 is 21.7 Å². The number of aldehydes is 1. The zero-order valence-electron chi connectivity index (χ0n) is 18.4. The number of anilines is 1. The third-order valence-electron chi connectivity index (χ3n) is 4.50. The Balaban J connectivity index is 2.16. The summed E-state index contributed by atoms with van der Waals surface area (Å²) in [6.07, 6.45) is 4.97. The van der Waals surface area contributed by atoms with Crippen LogP contribution in [0.1, 0.15) is 42.4 Å². The molecular weight excluding hydrogens is 392 g/mol. The maximum absolute atomic E-state index is 12.6. The van der Waals surface area contributed by atoms with E-state index in [4.69, 9.17) is 5.73 Å². The molecule has 0 aliphatic heterocycles. The van der Waals surface area contributed by atoms with Crippen molar-refractivity contribution in [3.05, 3.63) is 71.3 Å². The van der Waals surface area contributed by atoms with Gasteiger partial charge in [0, 0.05) is 36.6 Å². The largest absolute Gasteiger partial charge is 0.404 e. The van der Waals surface area contributed by atoms with E-state index in [2.05, 4.69) is 46.7 Å². The van der Waals surface area contributed by atoms with Crippen molar-refractivity contribution in [2.45, 2.75) is 26.2 Å². The van der Waals surface area contributed by atoms with Gasteiger partial charge in [-0.1, -0.05) is 32.9 Å². The summed E-state index contributed by atoms with van der Waals surface area (Å²) in [5.74, 6) is 0.0587. The number of aromatic nitrogens is 2. The van der Waals surface area contributed by atoms with Crippen molar-refractivity contribution in [1.82, 2.24) is 20.6 Å². The van der Waals surface area contributed by atoms with Crippen molar-refractivity contribution in [3.63, 3.8) is 0 Å². The lowest BCUT2D eigenvalue weighted by Gasteiger charge is -2.19. The van der Waals surface area contributed by atoms with Crippen LogP contribution in [0.5, 0.6) is 0 Å². The molecule has 0 saturated heterocycles. The molecule has 1 aromatic carbocycles. The SMILES string of the molecule is CNCCNc1nccc(C(/C=C(\C=O)NC(=O)c2ccc(C(C)(C)C)cc2)=C/N)n1. The van der Waals surface area contributed by atoms with E-state index in [-0.39, 0.29) is 17.0 Å². The molecule has 164 valence electrons. The minimum absolute atomic E-state index is 0.0119. The molecule has 2 aromatic rings. The second kappa shape index (κ2) is 11.0. The normalized spacial score (nSPS) is 12.4. The fraction of sp³-hybridized carbons (Fsp3) is 0.304. The van der Waals surface area contributed by atoms with E-state index in [0.29, 0.717) is 35.6 Å². The molecule has 8 nitrogen and oxygen atoms in total. The van der Waals surface area contributed by atoms with Crippen molar-refractivity contribution in [2.24, 2.45) is 5.73 Å². The molecule has 1 heterocycles. The van der Waals surface area contributed by atoms with Crippen molar-refractivity contribution in [1.29, 1.82) is 0 Å². The highest BCUT2D eigenvalue weighted by Gasteiger charge is 2.15. The number of benzene rings is 1. The van der Waals surface area contributed by atoms with Gasteiger partial charge in [0.2, 0.25) is 5.95 Å². The van der Waals surface area contributed by atoms with Crippen molar-refractivity contribution in [2.75, 3.05) is 25.5 Å². The number of nitrogens with two attached hydrogens (primary N) is 1. The molecule has 31 heavy (non-hydrogen) atoms. The Morgan fingerprint density at radius 2 is 1.84 bits per heavy atom. The molecule has 0 aliphatic carbocycles. The third-order valence-corrected chi connectivity index (χ3v) is 4.50. The van der Waals surface area contributed by atoms with Gasteiger partial charge in [0.15, 0.2) is 6.29 Å². The molecule has 0 bridgehead atoms. The van der Waals surface area contributed by atoms with Gasteiger partial charge in [0.25, 0.3) is 5.91 Å². The molecule has 1 aromatic heterocycles. The molecule has 0 saturated carbocycles. The number of allylic oxidation sites excluding steroid dienone is 3. The van der Waals surface area contributed by atoms with E-state index in [1.54, 1.807) is 24.4 Å². The maximum Gasteiger partial charge on any atom is 0.255 e. The first-order valence-electron chi connectivity index (χ1n) is 10.0. The summed E-state index contributed by atoms with van der Waals surface area (Å²) >= 11 is 0. The predicted molar refractivity (Wildman–Crippen MR) is 123 cm³/mol. The Kier molecular flexibility index (Phi) is 8.45. The molecule has 0 unspecified atom stereocenters. The lowest BCUT2D eigenvalue weighted by atomic mass is 9.87. The fourth-order valence-electron chi connectivity index (χ4n) is 2.70. The van der Waals surface area contributed by atoms with E-state index in [0.717, 1.165) is 12.1 Å². The van der Waals surface area contributed by atoms with Gasteiger partial charge in [-0.25, -0.2) is 9.97 Å². The molecule has 1 amide bonds. The van der Waals surface area contributed by atoms with E-state index < -0.39 is 0 Å². The number of hydrogen-bond donors (Lipinski definition) is 4. The van der Waals surface area contributed by atoms with Gasteiger partial charge < -0.3 is 21.7 Å². The second-order valence-electron chi connectivity index (χ2n) is 7.92. The number of carbonyl (C=O) groups excluding carboxylic acids is 2. The highest BCUT2D eigenvalue weighted by molar-refractivity contribution is 5.99. The zero-order chi connectivity index (χ0) is 22.9. The monoisotopic (exact) mass is 422 g/mol. The lowest BCUT2D eigenvalue weighted by molar-refractivity contribution is -0.105. The summed E-state index contributed by atoms with van der Waals surface area (Å²) in [4.78, 5) is 32.7. The summed E-state index contributed by atoms with van der Waals surface area (Å²) < 4.78 is 0. The quantitative estimate of drug-likeness (QED) is 0.211. The number of carbonyl (C=O) groups is 2. The van der Waals surface area contributed by atoms with E-state index in [1.807, 2.05) is 19.2 Å². The Morgan fingerprint density at radius 3 is 2.42 bits per heavy atom. The average molecular weight is 423 g/mol. The van der Waals surface area contributed by atoms with Gasteiger partial charge in [-0.15, -0.1) is 0 Å². The summed E-state index contributed by atoms with van der Waals surface area (Å²) in [6.45, 7) is 7.71. The molecule has 8 heteroatoms. The highest BCUT2D eigenvalue weighted by Crippen LogP contribution is 2.22. The Labute approximate surface area is 183 Å². The predicted octanol–water partition coefficient (Wildman–Crippen LogP) is 2.22. The minimum atomic E-state index is -0.382. The maximum atomic E-state index is 12.6. The Bertz CT molecular complexity index is 959. The lowest BCUT2D eigenvalue weighted by Crippen LogP contribution is -2.24. The summed E-state index contributed by atoms with van der Waals surface area (Å²) in [5, 5.41) is 8.74. The molecule has 0 radical (unpaired) electrons. The number of rotatable bonds is 9. The van der Waals surface area contributed by atoms with Gasteiger partial charge in [0.05, 0.1) is 11.4 Å². The van der Waals surface area contributed by atoms with Crippen molar-refractivity contribution >= 4 is 23.7 Å². The first-order chi connectivity index (χ1) is 14.8. The highest BCUT2D eigenvalue weighted by atomic mass is 16.2. The van der Waals surface area contributed by atoms with Crippen LogP contribution in [0.25, 0.3) is 5.57 Å². The van der Waals surface area contributed by atoms with Crippen LogP contribution in [0, 0.1) is 0 Å². The summed E-state index contributed by atoms with van der Waals surface area (Å²) in [7, 11) is 1.85. The second-order valence-corrected chi connectivity index (χ2v) is 7.92. The smallest absolute Gasteiger partial charge is 0.255 e. The molecular formula is C23H30N6O2. The van der Waals surface area contributed by atoms with Crippen LogP contribution in [-0.4, -0.2) is 42.3 Å². The number of amides is 1. The topological polar surface area (TPSA) is 122 Å². The van der Waals surface area contributed by atoms with Crippen LogP contribution >= 0.6 is 0 Å². The standard InChI is InChI=1S/C23H30N6O2/c1-23(2,3)18-7-5-16(6-8-18)21(31)28-19(15-30)13-17(14-24)20-9-10-26-22(29-20)27-12-11-25-4/h5-10,13-15,25H,11-12,24H2,1-4H3,(H,28,31)(H,26,27,29)/b17-14+,19-13+. The first-order valence-corrected chi connectivity index (χ1v) is 10.0. The molecule has 2 rings (SSSR count). The van der Waals surface area contributed by atoms with Crippen LogP contribution in [0.15, 0.2) is 54.5 Å². The van der Waals surface area contributed by atoms with Crippen LogP contribution in [0.3, 0.4) is 0 Å². The Morgan fingerprint density at radius 1 is 1.13 bits per heavy atom. The van der Waals surface area contributed by atoms with Gasteiger partial charge in [0.1, 0.15) is 0 Å². The number of likely N-dealkylation sites (N-methyl/N-ethyl adjacent to an activating group) is 1. The minimum Gasteiger partial charge on any atom is -0.404 e. The van der Waals surface area contributed by atoms with E-state index in [1.165, 1.54) is 12.3 Å². The Hall–Kier alpha value is -3.52.